The number of esters is 1. The second-order valence-corrected chi connectivity index (χ2v) is 6.94. The zero-order valence-electron chi connectivity index (χ0n) is 14.0. The van der Waals surface area contributed by atoms with E-state index < -0.39 is 30.2 Å². The number of halogens is 3. The number of carbonyl (C=O) groups is 1. The summed E-state index contributed by atoms with van der Waals surface area (Å²) in [6.45, 7) is -0.584. The molecule has 1 aromatic carbocycles. The van der Waals surface area contributed by atoms with Crippen molar-refractivity contribution in [3.63, 3.8) is 0 Å². The highest BCUT2D eigenvalue weighted by molar-refractivity contribution is 5.78. The molecule has 0 aromatic heterocycles. The third kappa shape index (κ3) is 3.82. The van der Waals surface area contributed by atoms with Crippen LogP contribution in [0.2, 0.25) is 0 Å². The van der Waals surface area contributed by atoms with Gasteiger partial charge in [-0.2, -0.15) is 13.2 Å². The van der Waals surface area contributed by atoms with Crippen molar-refractivity contribution in [1.82, 2.24) is 4.90 Å². The molecular formula is C18H22F3NO3. The van der Waals surface area contributed by atoms with E-state index in [4.69, 9.17) is 4.74 Å². The molecule has 2 aliphatic heterocycles. The molecule has 3 unspecified atom stereocenters. The van der Waals surface area contributed by atoms with Crippen molar-refractivity contribution < 1.29 is 27.8 Å². The number of ether oxygens (including phenoxy) is 1. The maximum Gasteiger partial charge on any atom is 0.416 e. The van der Waals surface area contributed by atoms with Crippen LogP contribution in [0, 0.1) is 0 Å². The third-order valence-corrected chi connectivity index (χ3v) is 5.42. The number of fused-ring (bicyclic) bond motifs is 2. The first-order valence-corrected chi connectivity index (χ1v) is 8.50. The van der Waals surface area contributed by atoms with Crippen LogP contribution in [0.4, 0.5) is 13.2 Å². The number of rotatable bonds is 4. The molecule has 1 aromatic rings. The van der Waals surface area contributed by atoms with Crippen LogP contribution < -0.4 is 0 Å². The van der Waals surface area contributed by atoms with E-state index in [-0.39, 0.29) is 11.7 Å². The first-order chi connectivity index (χ1) is 11.8. The summed E-state index contributed by atoms with van der Waals surface area (Å²) in [6, 6.07) is 5.27. The minimum atomic E-state index is -4.49. The highest BCUT2D eigenvalue weighted by Crippen LogP contribution is 2.36. The standard InChI is InChI=1S/C18H22F3NO3/c1-22-13-5-6-14(22)9-15(8-13)25-17(24)16(10-23)11-3-2-4-12(7-11)18(19,20)21/h2-4,7,13-16,23H,5-6,8-10H2,1H3. The second-order valence-electron chi connectivity index (χ2n) is 6.94. The minimum Gasteiger partial charge on any atom is -0.462 e. The summed E-state index contributed by atoms with van der Waals surface area (Å²) in [4.78, 5) is 14.7. The lowest BCUT2D eigenvalue weighted by Crippen LogP contribution is -2.43. The molecule has 0 saturated carbocycles. The summed E-state index contributed by atoms with van der Waals surface area (Å²) in [5, 5.41) is 9.54. The van der Waals surface area contributed by atoms with Crippen LogP contribution in [0.1, 0.15) is 42.7 Å². The van der Waals surface area contributed by atoms with Gasteiger partial charge in [0.2, 0.25) is 0 Å². The van der Waals surface area contributed by atoms with Gasteiger partial charge in [0.1, 0.15) is 12.0 Å². The third-order valence-electron chi connectivity index (χ3n) is 5.42. The van der Waals surface area contributed by atoms with Crippen molar-refractivity contribution in [1.29, 1.82) is 0 Å². The topological polar surface area (TPSA) is 49.8 Å². The SMILES string of the molecule is CN1C2CCC1CC(OC(=O)C(CO)c1cccc(C(F)(F)F)c1)C2. The summed E-state index contributed by atoms with van der Waals surface area (Å²) in [7, 11) is 2.07. The molecule has 0 amide bonds. The lowest BCUT2D eigenvalue weighted by atomic mass is 9.97. The van der Waals surface area contributed by atoms with E-state index in [0.717, 1.165) is 37.8 Å². The van der Waals surface area contributed by atoms with Crippen LogP contribution in [0.3, 0.4) is 0 Å². The van der Waals surface area contributed by atoms with Gasteiger partial charge in [-0.15, -0.1) is 0 Å². The van der Waals surface area contributed by atoms with Crippen molar-refractivity contribution in [2.75, 3.05) is 13.7 Å². The number of hydrogen-bond acceptors (Lipinski definition) is 4. The van der Waals surface area contributed by atoms with Crippen LogP contribution in [-0.2, 0) is 15.7 Å². The van der Waals surface area contributed by atoms with Gasteiger partial charge in [0.25, 0.3) is 0 Å². The maximum atomic E-state index is 12.9. The Hall–Kier alpha value is -1.60. The molecule has 138 valence electrons. The van der Waals surface area contributed by atoms with Crippen molar-refractivity contribution in [3.8, 4) is 0 Å². The van der Waals surface area contributed by atoms with E-state index in [2.05, 4.69) is 11.9 Å². The Morgan fingerprint density at radius 2 is 1.96 bits per heavy atom. The lowest BCUT2D eigenvalue weighted by Gasteiger charge is -2.36. The van der Waals surface area contributed by atoms with Gasteiger partial charge in [-0.1, -0.05) is 18.2 Å². The maximum absolute atomic E-state index is 12.9. The van der Waals surface area contributed by atoms with Crippen molar-refractivity contribution in [3.05, 3.63) is 35.4 Å². The number of aliphatic hydroxyl groups excluding tert-OH is 1. The zero-order chi connectivity index (χ0) is 18.2. The predicted octanol–water partition coefficient (Wildman–Crippen LogP) is 2.95. The first-order valence-electron chi connectivity index (χ1n) is 8.50. The summed E-state index contributed by atoms with van der Waals surface area (Å²) in [5.41, 5.74) is -0.716. The molecule has 7 heteroatoms. The second kappa shape index (κ2) is 6.96. The Morgan fingerprint density at radius 3 is 2.52 bits per heavy atom. The fourth-order valence-electron chi connectivity index (χ4n) is 3.95. The number of benzene rings is 1. The van der Waals surface area contributed by atoms with Gasteiger partial charge in [0.15, 0.2) is 0 Å². The summed E-state index contributed by atoms with van der Waals surface area (Å²) in [6.07, 6.45) is -1.11. The Labute approximate surface area is 144 Å². The number of nitrogens with zero attached hydrogens (tertiary/aromatic N) is 1. The largest absolute Gasteiger partial charge is 0.462 e. The zero-order valence-corrected chi connectivity index (χ0v) is 14.0. The lowest BCUT2D eigenvalue weighted by molar-refractivity contribution is -0.155. The Morgan fingerprint density at radius 1 is 1.32 bits per heavy atom. The van der Waals surface area contributed by atoms with E-state index in [0.29, 0.717) is 12.1 Å². The van der Waals surface area contributed by atoms with Gasteiger partial charge in [0.05, 0.1) is 12.2 Å². The van der Waals surface area contributed by atoms with E-state index >= 15 is 0 Å². The Balaban J connectivity index is 1.70. The number of hydrogen-bond donors (Lipinski definition) is 1. The van der Waals surface area contributed by atoms with Crippen LogP contribution in [0.25, 0.3) is 0 Å². The molecule has 2 saturated heterocycles. The number of alkyl halides is 3. The van der Waals surface area contributed by atoms with Gasteiger partial charge < -0.3 is 14.7 Å². The molecule has 1 N–H and O–H groups in total. The molecule has 25 heavy (non-hydrogen) atoms. The van der Waals surface area contributed by atoms with Crippen LogP contribution in [0.5, 0.6) is 0 Å². The molecule has 2 heterocycles. The Kier molecular flexibility index (Phi) is 5.06. The molecule has 2 fully saturated rings. The van der Waals surface area contributed by atoms with Gasteiger partial charge in [0, 0.05) is 12.1 Å². The van der Waals surface area contributed by atoms with E-state index in [1.165, 1.54) is 12.1 Å². The summed E-state index contributed by atoms with van der Waals surface area (Å²) < 4.78 is 44.1. The molecule has 2 bridgehead atoms. The number of carbonyl (C=O) groups excluding carboxylic acids is 1. The number of piperidine rings is 1. The van der Waals surface area contributed by atoms with Crippen molar-refractivity contribution >= 4 is 5.97 Å². The quantitative estimate of drug-likeness (QED) is 0.842. The highest BCUT2D eigenvalue weighted by atomic mass is 19.4. The van der Waals surface area contributed by atoms with E-state index in [1.807, 2.05) is 0 Å². The van der Waals surface area contributed by atoms with Crippen molar-refractivity contribution in [2.45, 2.75) is 56.0 Å². The van der Waals surface area contributed by atoms with Crippen molar-refractivity contribution in [2.24, 2.45) is 0 Å². The smallest absolute Gasteiger partial charge is 0.416 e. The molecule has 0 spiro atoms. The average molecular weight is 357 g/mol. The summed E-state index contributed by atoms with van der Waals surface area (Å²) in [5.74, 6) is -1.75. The molecule has 0 radical (unpaired) electrons. The van der Waals surface area contributed by atoms with Crippen LogP contribution >= 0.6 is 0 Å². The van der Waals surface area contributed by atoms with E-state index in [1.54, 1.807) is 0 Å². The van der Waals surface area contributed by atoms with Crippen LogP contribution in [-0.4, -0.2) is 47.8 Å². The van der Waals surface area contributed by atoms with Gasteiger partial charge in [-0.3, -0.25) is 4.79 Å². The summed E-state index contributed by atoms with van der Waals surface area (Å²) >= 11 is 0. The normalized spacial score (nSPS) is 28.0. The van der Waals surface area contributed by atoms with Gasteiger partial charge in [-0.25, -0.2) is 0 Å². The molecule has 3 atom stereocenters. The minimum absolute atomic E-state index is 0.123. The van der Waals surface area contributed by atoms with Gasteiger partial charge in [-0.05, 0) is 44.4 Å². The monoisotopic (exact) mass is 357 g/mol. The Bertz CT molecular complexity index is 620. The average Bonchev–Trinajstić information content (AvgIpc) is 2.77. The first kappa shape index (κ1) is 18.2. The van der Waals surface area contributed by atoms with Crippen LogP contribution in [0.15, 0.2) is 24.3 Å². The molecule has 4 nitrogen and oxygen atoms in total. The van der Waals surface area contributed by atoms with E-state index in [9.17, 15) is 23.1 Å². The molecule has 2 aliphatic rings. The highest BCUT2D eigenvalue weighted by Gasteiger charge is 2.40. The molecular weight excluding hydrogens is 335 g/mol. The fraction of sp³-hybridized carbons (Fsp3) is 0.611. The van der Waals surface area contributed by atoms with Gasteiger partial charge >= 0.3 is 12.1 Å². The molecule has 0 aliphatic carbocycles. The molecule has 3 rings (SSSR count). The number of aliphatic hydroxyl groups is 1. The fourth-order valence-corrected chi connectivity index (χ4v) is 3.95. The predicted molar refractivity (Wildman–Crippen MR) is 85.0 cm³/mol.